The molecule has 0 bridgehead atoms. The van der Waals surface area contributed by atoms with E-state index in [0.29, 0.717) is 10.0 Å². The molecule has 1 aliphatic heterocycles. The van der Waals surface area contributed by atoms with E-state index in [9.17, 15) is 4.79 Å². The molecule has 2 aromatic rings. The molecule has 0 spiro atoms. The first-order chi connectivity index (χ1) is 12.5. The first kappa shape index (κ1) is 19.2. The molecule has 1 unspecified atom stereocenters. The number of likely N-dealkylation sites (tertiary alicyclic amines) is 1. The number of nitrogens with one attached hydrogen (secondary N) is 1. The average molecular weight is 391 g/mol. The first-order valence-electron chi connectivity index (χ1n) is 9.05. The molecule has 0 saturated carbocycles. The summed E-state index contributed by atoms with van der Waals surface area (Å²) < 4.78 is 0. The number of benzene rings is 2. The third-order valence-corrected chi connectivity index (χ3v) is 5.77. The van der Waals surface area contributed by atoms with E-state index in [1.165, 1.54) is 0 Å². The van der Waals surface area contributed by atoms with Crippen LogP contribution in [0.25, 0.3) is 0 Å². The highest BCUT2D eigenvalue weighted by molar-refractivity contribution is 6.35. The molecule has 0 aliphatic carbocycles. The number of amides is 1. The highest BCUT2D eigenvalue weighted by atomic mass is 35.5. The van der Waals surface area contributed by atoms with Gasteiger partial charge in [-0.1, -0.05) is 59.6 Å². The third kappa shape index (κ3) is 4.79. The fraction of sp³-hybridized carbons (Fsp3) is 0.381. The maximum atomic E-state index is 12.6. The maximum absolute atomic E-state index is 12.6. The van der Waals surface area contributed by atoms with Crippen molar-refractivity contribution in [2.24, 2.45) is 5.92 Å². The lowest BCUT2D eigenvalue weighted by Gasteiger charge is -2.32. The molecular weight excluding hydrogens is 367 g/mol. The van der Waals surface area contributed by atoms with Gasteiger partial charge in [0.25, 0.3) is 0 Å². The van der Waals surface area contributed by atoms with Gasteiger partial charge >= 0.3 is 0 Å². The summed E-state index contributed by atoms with van der Waals surface area (Å²) in [5.74, 6) is 0.218. The Kier molecular flexibility index (Phi) is 6.58. The number of carbonyl (C=O) groups is 1. The molecule has 138 valence electrons. The van der Waals surface area contributed by atoms with Gasteiger partial charge in [0.05, 0.1) is 6.04 Å². The van der Waals surface area contributed by atoms with Crippen LogP contribution in [0.2, 0.25) is 10.0 Å². The minimum absolute atomic E-state index is 0.0312. The quantitative estimate of drug-likeness (QED) is 0.771. The minimum atomic E-state index is 0.0312. The van der Waals surface area contributed by atoms with Crippen LogP contribution in [0, 0.1) is 5.92 Å². The molecule has 1 amide bonds. The second kappa shape index (κ2) is 8.90. The summed E-state index contributed by atoms with van der Waals surface area (Å²) in [6.45, 7) is 4.51. The van der Waals surface area contributed by atoms with E-state index in [1.807, 2.05) is 55.5 Å². The van der Waals surface area contributed by atoms with Crippen LogP contribution in [0.3, 0.4) is 0 Å². The Labute approximate surface area is 165 Å². The van der Waals surface area contributed by atoms with E-state index >= 15 is 0 Å². The van der Waals surface area contributed by atoms with Crippen LogP contribution in [0.1, 0.15) is 36.9 Å². The van der Waals surface area contributed by atoms with Crippen molar-refractivity contribution >= 4 is 29.1 Å². The molecule has 1 aliphatic rings. The lowest BCUT2D eigenvalue weighted by molar-refractivity contribution is -0.127. The molecule has 2 aromatic carbocycles. The van der Waals surface area contributed by atoms with E-state index in [-0.39, 0.29) is 17.9 Å². The molecule has 1 fully saturated rings. The summed E-state index contributed by atoms with van der Waals surface area (Å²) >= 11 is 12.5. The number of hydrogen-bond donors (Lipinski definition) is 1. The van der Waals surface area contributed by atoms with Crippen LogP contribution < -0.4 is 5.32 Å². The average Bonchev–Trinajstić information content (AvgIpc) is 2.66. The summed E-state index contributed by atoms with van der Waals surface area (Å²) in [7, 11) is 0. The molecule has 3 rings (SSSR count). The Morgan fingerprint density at radius 1 is 1.08 bits per heavy atom. The zero-order chi connectivity index (χ0) is 18.5. The van der Waals surface area contributed by atoms with Gasteiger partial charge < -0.3 is 5.32 Å². The van der Waals surface area contributed by atoms with E-state index in [1.54, 1.807) is 0 Å². The fourth-order valence-corrected chi connectivity index (χ4v) is 3.93. The zero-order valence-corrected chi connectivity index (χ0v) is 16.4. The number of piperidine rings is 1. The van der Waals surface area contributed by atoms with Crippen LogP contribution >= 0.6 is 23.2 Å². The summed E-state index contributed by atoms with van der Waals surface area (Å²) in [6, 6.07) is 15.7. The Morgan fingerprint density at radius 3 is 2.31 bits per heavy atom. The minimum Gasteiger partial charge on any atom is -0.349 e. The first-order valence-corrected chi connectivity index (χ1v) is 9.80. The smallest absolute Gasteiger partial charge is 0.223 e. The molecular formula is C21H24Cl2N2O. The van der Waals surface area contributed by atoms with Gasteiger partial charge in [0.2, 0.25) is 5.91 Å². The van der Waals surface area contributed by atoms with E-state index in [2.05, 4.69) is 10.2 Å². The molecule has 1 N–H and O–H groups in total. The van der Waals surface area contributed by atoms with Crippen molar-refractivity contribution in [2.45, 2.75) is 32.4 Å². The summed E-state index contributed by atoms with van der Waals surface area (Å²) in [4.78, 5) is 14.9. The van der Waals surface area contributed by atoms with E-state index in [0.717, 1.165) is 43.6 Å². The van der Waals surface area contributed by atoms with Gasteiger partial charge in [-0.25, -0.2) is 0 Å². The SMILES string of the molecule is CC(NC(=O)C1CCN(Cc2c(Cl)cccc2Cl)CC1)c1ccccc1. The molecule has 1 heterocycles. The van der Waals surface area contributed by atoms with Crippen LogP contribution in [0.4, 0.5) is 0 Å². The van der Waals surface area contributed by atoms with Gasteiger partial charge in [0.15, 0.2) is 0 Å². The number of halogens is 2. The standard InChI is InChI=1S/C21H24Cl2N2O/c1-15(16-6-3-2-4-7-16)24-21(26)17-10-12-25(13-11-17)14-18-19(22)8-5-9-20(18)23/h2-9,15,17H,10-14H2,1H3,(H,24,26). The predicted molar refractivity (Wildman–Crippen MR) is 107 cm³/mol. The summed E-state index contributed by atoms with van der Waals surface area (Å²) in [6.07, 6.45) is 1.71. The Hall–Kier alpha value is -1.55. The predicted octanol–water partition coefficient (Wildman–Crippen LogP) is 5.08. The highest BCUT2D eigenvalue weighted by Gasteiger charge is 2.26. The van der Waals surface area contributed by atoms with E-state index < -0.39 is 0 Å². The van der Waals surface area contributed by atoms with Crippen molar-refractivity contribution in [3.63, 3.8) is 0 Å². The molecule has 26 heavy (non-hydrogen) atoms. The van der Waals surface area contributed by atoms with Crippen LogP contribution in [-0.4, -0.2) is 23.9 Å². The second-order valence-electron chi connectivity index (χ2n) is 6.89. The van der Waals surface area contributed by atoms with Gasteiger partial charge in [-0.2, -0.15) is 0 Å². The van der Waals surface area contributed by atoms with Crippen molar-refractivity contribution in [3.8, 4) is 0 Å². The maximum Gasteiger partial charge on any atom is 0.223 e. The fourth-order valence-electron chi connectivity index (χ4n) is 3.42. The van der Waals surface area contributed by atoms with Gasteiger partial charge in [-0.15, -0.1) is 0 Å². The Bertz CT molecular complexity index is 723. The highest BCUT2D eigenvalue weighted by Crippen LogP contribution is 2.28. The number of rotatable bonds is 5. The van der Waals surface area contributed by atoms with Crippen molar-refractivity contribution in [1.82, 2.24) is 10.2 Å². The van der Waals surface area contributed by atoms with Crippen molar-refractivity contribution in [2.75, 3.05) is 13.1 Å². The molecule has 3 nitrogen and oxygen atoms in total. The number of nitrogens with zero attached hydrogens (tertiary/aromatic N) is 1. The van der Waals surface area contributed by atoms with Gasteiger partial charge in [0.1, 0.15) is 0 Å². The van der Waals surface area contributed by atoms with Crippen LogP contribution in [-0.2, 0) is 11.3 Å². The van der Waals surface area contributed by atoms with Crippen LogP contribution in [0.15, 0.2) is 48.5 Å². The van der Waals surface area contributed by atoms with Gasteiger partial charge in [-0.05, 0) is 50.6 Å². The zero-order valence-electron chi connectivity index (χ0n) is 14.9. The molecule has 0 radical (unpaired) electrons. The topological polar surface area (TPSA) is 32.3 Å². The van der Waals surface area contributed by atoms with Crippen molar-refractivity contribution < 1.29 is 4.79 Å². The second-order valence-corrected chi connectivity index (χ2v) is 7.71. The van der Waals surface area contributed by atoms with Crippen molar-refractivity contribution in [1.29, 1.82) is 0 Å². The lowest BCUT2D eigenvalue weighted by atomic mass is 9.95. The normalized spacial score (nSPS) is 17.0. The van der Waals surface area contributed by atoms with Gasteiger partial charge in [-0.3, -0.25) is 9.69 Å². The largest absolute Gasteiger partial charge is 0.349 e. The number of carbonyl (C=O) groups excluding carboxylic acids is 1. The molecule has 5 heteroatoms. The number of hydrogen-bond acceptors (Lipinski definition) is 2. The lowest BCUT2D eigenvalue weighted by Crippen LogP contribution is -2.41. The molecule has 1 atom stereocenters. The third-order valence-electron chi connectivity index (χ3n) is 5.06. The van der Waals surface area contributed by atoms with Crippen LogP contribution in [0.5, 0.6) is 0 Å². The van der Waals surface area contributed by atoms with Crippen molar-refractivity contribution in [3.05, 3.63) is 69.7 Å². The molecule has 1 saturated heterocycles. The molecule has 0 aromatic heterocycles. The van der Waals surface area contributed by atoms with E-state index in [4.69, 9.17) is 23.2 Å². The monoisotopic (exact) mass is 390 g/mol. The summed E-state index contributed by atoms with van der Waals surface area (Å²) in [5, 5.41) is 4.55. The Balaban J connectivity index is 1.51. The summed E-state index contributed by atoms with van der Waals surface area (Å²) in [5.41, 5.74) is 2.10. The Morgan fingerprint density at radius 2 is 1.69 bits per heavy atom. The van der Waals surface area contributed by atoms with Gasteiger partial charge in [0, 0.05) is 28.1 Å².